The Labute approximate surface area is 170 Å². The zero-order valence-electron chi connectivity index (χ0n) is 17.0. The number of esters is 1. The van der Waals surface area contributed by atoms with Crippen LogP contribution in [-0.2, 0) is 14.3 Å². The predicted molar refractivity (Wildman–Crippen MR) is 115 cm³/mol. The van der Waals surface area contributed by atoms with Crippen molar-refractivity contribution in [2.24, 2.45) is 0 Å². The highest BCUT2D eigenvalue weighted by molar-refractivity contribution is 9.09. The molecule has 154 valence electrons. The summed E-state index contributed by atoms with van der Waals surface area (Å²) in [5.41, 5.74) is 0.810. The first-order valence-corrected chi connectivity index (χ1v) is 11.8. The number of halogens is 1. The molecule has 0 unspecified atom stereocenters. The zero-order valence-corrected chi connectivity index (χ0v) is 18.6. The topological polar surface area (TPSA) is 35.5 Å². The molecule has 0 radical (unpaired) electrons. The van der Waals surface area contributed by atoms with Crippen molar-refractivity contribution in [2.45, 2.75) is 96.8 Å². The summed E-state index contributed by atoms with van der Waals surface area (Å²) in [6, 6.07) is 0. The lowest BCUT2D eigenvalue weighted by atomic mass is 10.0. The van der Waals surface area contributed by atoms with Gasteiger partial charge in [-0.3, -0.25) is 4.79 Å². The fraction of sp³-hybridized carbons (Fsp3) is 0.864. The van der Waals surface area contributed by atoms with Crippen molar-refractivity contribution in [3.63, 3.8) is 0 Å². The van der Waals surface area contributed by atoms with Gasteiger partial charge in [0, 0.05) is 6.61 Å². The Morgan fingerprint density at radius 3 is 1.69 bits per heavy atom. The second kappa shape index (κ2) is 21.0. The van der Waals surface area contributed by atoms with E-state index >= 15 is 0 Å². The van der Waals surface area contributed by atoms with E-state index in [1.807, 2.05) is 0 Å². The van der Waals surface area contributed by atoms with Crippen molar-refractivity contribution >= 4 is 21.9 Å². The first kappa shape index (κ1) is 25.6. The number of alkyl halides is 1. The highest BCUT2D eigenvalue weighted by Crippen LogP contribution is 2.13. The van der Waals surface area contributed by atoms with Gasteiger partial charge in [-0.2, -0.15) is 0 Å². The molecule has 0 bridgehead atoms. The highest BCUT2D eigenvalue weighted by atomic mass is 79.9. The molecule has 0 atom stereocenters. The standard InChI is InChI=1S/C22H41BrO3/c1-3-4-5-6-7-8-9-10-11-12-13-14-15-16-17-25-19-21(2)20-26-22(24)18-23/h2-20H2,1H3. The van der Waals surface area contributed by atoms with Gasteiger partial charge >= 0.3 is 5.97 Å². The molecule has 0 aliphatic carbocycles. The minimum absolute atomic E-state index is 0.222. The van der Waals surface area contributed by atoms with E-state index in [9.17, 15) is 4.79 Å². The third kappa shape index (κ3) is 20.0. The molecule has 0 fully saturated rings. The molecule has 0 spiro atoms. The molecule has 0 saturated heterocycles. The average molecular weight is 433 g/mol. The van der Waals surface area contributed by atoms with Crippen LogP contribution in [0.25, 0.3) is 0 Å². The Balaban J connectivity index is 3.13. The summed E-state index contributed by atoms with van der Waals surface area (Å²) >= 11 is 3.05. The zero-order chi connectivity index (χ0) is 19.3. The summed E-state index contributed by atoms with van der Waals surface area (Å²) in [5, 5.41) is 0.222. The van der Waals surface area contributed by atoms with E-state index < -0.39 is 0 Å². The molecular formula is C22H41BrO3. The van der Waals surface area contributed by atoms with Crippen molar-refractivity contribution in [3.05, 3.63) is 12.2 Å². The molecular weight excluding hydrogens is 392 g/mol. The van der Waals surface area contributed by atoms with Crippen LogP contribution >= 0.6 is 15.9 Å². The number of ether oxygens (including phenoxy) is 2. The summed E-state index contributed by atoms with van der Waals surface area (Å²) in [7, 11) is 0. The van der Waals surface area contributed by atoms with Crippen molar-refractivity contribution in [1.82, 2.24) is 0 Å². The van der Waals surface area contributed by atoms with E-state index in [4.69, 9.17) is 9.47 Å². The van der Waals surface area contributed by atoms with Crippen LogP contribution in [0.3, 0.4) is 0 Å². The second-order valence-electron chi connectivity index (χ2n) is 7.19. The van der Waals surface area contributed by atoms with Gasteiger partial charge in [-0.05, 0) is 12.0 Å². The highest BCUT2D eigenvalue weighted by Gasteiger charge is 2.01. The van der Waals surface area contributed by atoms with Crippen molar-refractivity contribution in [2.75, 3.05) is 25.2 Å². The Hall–Kier alpha value is -0.350. The molecule has 0 N–H and O–H groups in total. The van der Waals surface area contributed by atoms with E-state index in [1.165, 1.54) is 83.5 Å². The number of hydrogen-bond acceptors (Lipinski definition) is 3. The first-order valence-electron chi connectivity index (χ1n) is 10.7. The maximum atomic E-state index is 11.0. The largest absolute Gasteiger partial charge is 0.460 e. The molecule has 0 heterocycles. The van der Waals surface area contributed by atoms with Gasteiger partial charge in [-0.15, -0.1) is 0 Å². The van der Waals surface area contributed by atoms with Gasteiger partial charge in [0.05, 0.1) is 6.61 Å². The Bertz CT molecular complexity index is 331. The molecule has 26 heavy (non-hydrogen) atoms. The Morgan fingerprint density at radius 2 is 1.23 bits per heavy atom. The second-order valence-corrected chi connectivity index (χ2v) is 7.75. The molecule has 0 aromatic carbocycles. The van der Waals surface area contributed by atoms with Crippen LogP contribution in [-0.4, -0.2) is 31.1 Å². The third-order valence-corrected chi connectivity index (χ3v) is 4.95. The first-order chi connectivity index (χ1) is 12.7. The maximum Gasteiger partial charge on any atom is 0.316 e. The molecule has 0 aliphatic rings. The Morgan fingerprint density at radius 1 is 0.769 bits per heavy atom. The van der Waals surface area contributed by atoms with E-state index in [0.717, 1.165) is 18.6 Å². The normalized spacial score (nSPS) is 10.8. The lowest BCUT2D eigenvalue weighted by Crippen LogP contribution is -2.11. The van der Waals surface area contributed by atoms with Crippen LogP contribution in [0.15, 0.2) is 12.2 Å². The number of carbonyl (C=O) groups excluding carboxylic acids is 1. The van der Waals surface area contributed by atoms with Gasteiger partial charge in [0.1, 0.15) is 11.9 Å². The molecule has 3 nitrogen and oxygen atoms in total. The van der Waals surface area contributed by atoms with Gasteiger partial charge in [0.15, 0.2) is 0 Å². The van der Waals surface area contributed by atoms with E-state index in [1.54, 1.807) is 0 Å². The molecule has 0 aliphatic heterocycles. The fourth-order valence-corrected chi connectivity index (χ4v) is 3.04. The Kier molecular flexibility index (Phi) is 20.7. The van der Waals surface area contributed by atoms with Crippen LogP contribution in [0, 0.1) is 0 Å². The van der Waals surface area contributed by atoms with Crippen LogP contribution in [0.1, 0.15) is 96.8 Å². The third-order valence-electron chi connectivity index (χ3n) is 4.49. The monoisotopic (exact) mass is 432 g/mol. The SMILES string of the molecule is C=C(COCCCCCCCCCCCCCCCC)COC(=O)CBr. The van der Waals surface area contributed by atoms with Gasteiger partial charge in [0.25, 0.3) is 0 Å². The number of hydrogen-bond donors (Lipinski definition) is 0. The van der Waals surface area contributed by atoms with Gasteiger partial charge in [-0.1, -0.05) is 113 Å². The van der Waals surface area contributed by atoms with Gasteiger partial charge in [-0.25, -0.2) is 0 Å². The number of unbranched alkanes of at least 4 members (excludes halogenated alkanes) is 13. The molecule has 0 aromatic heterocycles. The lowest BCUT2D eigenvalue weighted by molar-refractivity contribution is -0.139. The maximum absolute atomic E-state index is 11.0. The quantitative estimate of drug-likeness (QED) is 0.0899. The van der Waals surface area contributed by atoms with E-state index in [-0.39, 0.29) is 17.9 Å². The van der Waals surface area contributed by atoms with Gasteiger partial charge < -0.3 is 9.47 Å². The molecule has 0 saturated carbocycles. The molecule has 0 amide bonds. The van der Waals surface area contributed by atoms with Crippen LogP contribution in [0.5, 0.6) is 0 Å². The van der Waals surface area contributed by atoms with Crippen LogP contribution < -0.4 is 0 Å². The lowest BCUT2D eigenvalue weighted by Gasteiger charge is -2.08. The summed E-state index contributed by atoms with van der Waals surface area (Å²) in [6.45, 7) is 7.63. The van der Waals surface area contributed by atoms with Crippen molar-refractivity contribution in [3.8, 4) is 0 Å². The van der Waals surface area contributed by atoms with Crippen LogP contribution in [0.4, 0.5) is 0 Å². The van der Waals surface area contributed by atoms with Crippen molar-refractivity contribution in [1.29, 1.82) is 0 Å². The van der Waals surface area contributed by atoms with E-state index in [0.29, 0.717) is 6.61 Å². The molecule has 0 aromatic rings. The van der Waals surface area contributed by atoms with Crippen molar-refractivity contribution < 1.29 is 14.3 Å². The smallest absolute Gasteiger partial charge is 0.316 e. The van der Waals surface area contributed by atoms with Crippen LogP contribution in [0.2, 0.25) is 0 Å². The average Bonchev–Trinajstić information content (AvgIpc) is 2.65. The van der Waals surface area contributed by atoms with Gasteiger partial charge in [0.2, 0.25) is 0 Å². The van der Waals surface area contributed by atoms with E-state index in [2.05, 4.69) is 29.4 Å². The summed E-state index contributed by atoms with van der Waals surface area (Å²) < 4.78 is 10.5. The predicted octanol–water partition coefficient (Wildman–Crippen LogP) is 6.98. The summed E-state index contributed by atoms with van der Waals surface area (Å²) in [4.78, 5) is 11.0. The minimum Gasteiger partial charge on any atom is -0.460 e. The molecule has 0 rings (SSSR count). The minimum atomic E-state index is -0.266. The molecule has 4 heteroatoms. The fourth-order valence-electron chi connectivity index (χ4n) is 2.88. The number of carbonyl (C=O) groups is 1. The summed E-state index contributed by atoms with van der Waals surface area (Å²) in [5.74, 6) is -0.266. The summed E-state index contributed by atoms with van der Waals surface area (Å²) in [6.07, 6.45) is 19.1. The number of rotatable bonds is 20.